The van der Waals surface area contributed by atoms with E-state index in [9.17, 15) is 0 Å². The number of rotatable bonds is 19. The summed E-state index contributed by atoms with van der Waals surface area (Å²) < 4.78 is 0. The summed E-state index contributed by atoms with van der Waals surface area (Å²) in [6.45, 7) is 9.35. The fourth-order valence-corrected chi connectivity index (χ4v) is 4.11. The predicted molar refractivity (Wildman–Crippen MR) is 113 cm³/mol. The van der Waals surface area contributed by atoms with Crippen LogP contribution in [-0.4, -0.2) is 0 Å². The van der Waals surface area contributed by atoms with E-state index in [1.165, 1.54) is 116 Å². The lowest BCUT2D eigenvalue weighted by molar-refractivity contribution is 0.422. The largest absolute Gasteiger partial charge is 0.0654 e. The second-order valence-electron chi connectivity index (χ2n) is 7.86. The lowest BCUT2D eigenvalue weighted by Gasteiger charge is -2.23. The molecule has 0 aromatic heterocycles. The molecule has 0 aromatic carbocycles. The van der Waals surface area contributed by atoms with Gasteiger partial charge < -0.3 is 0 Å². The molecule has 0 saturated heterocycles. The molecule has 0 heteroatoms. The van der Waals surface area contributed by atoms with Crippen LogP contribution in [0.4, 0.5) is 0 Å². The van der Waals surface area contributed by atoms with Crippen LogP contribution in [0.2, 0.25) is 0 Å². The van der Waals surface area contributed by atoms with E-state index in [0.717, 1.165) is 5.92 Å². The van der Waals surface area contributed by atoms with Crippen LogP contribution >= 0.6 is 0 Å². The zero-order chi connectivity index (χ0) is 17.9. The van der Waals surface area contributed by atoms with Gasteiger partial charge in [-0.3, -0.25) is 0 Å². The fraction of sp³-hybridized carbons (Fsp3) is 0.958. The Bertz CT molecular complexity index is 216. The summed E-state index contributed by atoms with van der Waals surface area (Å²) >= 11 is 0. The van der Waals surface area contributed by atoms with Crippen LogP contribution in [-0.2, 0) is 0 Å². The van der Waals surface area contributed by atoms with Gasteiger partial charge in [0.2, 0.25) is 0 Å². The summed E-state index contributed by atoms with van der Waals surface area (Å²) in [4.78, 5) is 0. The van der Waals surface area contributed by atoms with Crippen LogP contribution in [0.25, 0.3) is 0 Å². The highest BCUT2D eigenvalue weighted by Gasteiger charge is 2.16. The maximum absolute atomic E-state index is 2.37. The van der Waals surface area contributed by atoms with Crippen molar-refractivity contribution < 1.29 is 0 Å². The summed E-state index contributed by atoms with van der Waals surface area (Å²) in [5, 5.41) is 0. The van der Waals surface area contributed by atoms with Crippen LogP contribution in [0.3, 0.4) is 0 Å². The normalized spacial score (nSPS) is 12.9. The highest BCUT2D eigenvalue weighted by molar-refractivity contribution is 4.93. The van der Waals surface area contributed by atoms with Crippen molar-refractivity contribution in [1.82, 2.24) is 0 Å². The van der Waals surface area contributed by atoms with Crippen molar-refractivity contribution in [1.29, 1.82) is 0 Å². The molecule has 0 N–H and O–H groups in total. The molecule has 0 saturated carbocycles. The van der Waals surface area contributed by atoms with Crippen LogP contribution in [0, 0.1) is 11.8 Å². The number of hydrogen-bond acceptors (Lipinski definition) is 0. The Kier molecular flexibility index (Phi) is 19.3. The SMILES string of the molecule is CCCCCCCCCCCCCCCCC(CC)[C](CC)CC. The Labute approximate surface area is 155 Å². The molecule has 0 nitrogen and oxygen atoms in total. The van der Waals surface area contributed by atoms with E-state index in [1.54, 1.807) is 0 Å². The Morgan fingerprint density at radius 1 is 0.500 bits per heavy atom. The molecule has 24 heavy (non-hydrogen) atoms. The highest BCUT2D eigenvalue weighted by Crippen LogP contribution is 2.29. The van der Waals surface area contributed by atoms with E-state index in [2.05, 4.69) is 27.7 Å². The van der Waals surface area contributed by atoms with Crippen LogP contribution < -0.4 is 0 Å². The standard InChI is InChI=1S/C24H49/c1-5-9-10-11-12-13-14-15-16-17-18-19-20-21-22-24(8-4)23(6-2)7-3/h24H,5-22H2,1-4H3. The molecule has 0 aromatic rings. The lowest BCUT2D eigenvalue weighted by Crippen LogP contribution is -2.10. The second kappa shape index (κ2) is 19.3. The van der Waals surface area contributed by atoms with E-state index < -0.39 is 0 Å². The first-order valence-electron chi connectivity index (χ1n) is 11.6. The molecule has 1 radical (unpaired) electrons. The Balaban J connectivity index is 3.27. The zero-order valence-electron chi connectivity index (χ0n) is 17.8. The minimum absolute atomic E-state index is 0.914. The van der Waals surface area contributed by atoms with Gasteiger partial charge in [-0.2, -0.15) is 0 Å². The predicted octanol–water partition coefficient (Wildman–Crippen LogP) is 9.28. The summed E-state index contributed by atoms with van der Waals surface area (Å²) in [7, 11) is 0. The molecule has 0 rings (SSSR count). The molecule has 0 fully saturated rings. The highest BCUT2D eigenvalue weighted by atomic mass is 14.2. The smallest absolute Gasteiger partial charge is 0.0216 e. The summed E-state index contributed by atoms with van der Waals surface area (Å²) in [5.41, 5.74) is 0. The first-order valence-corrected chi connectivity index (χ1v) is 11.6. The summed E-state index contributed by atoms with van der Waals surface area (Å²) in [6.07, 6.45) is 25.9. The molecule has 145 valence electrons. The third-order valence-electron chi connectivity index (χ3n) is 5.88. The minimum atomic E-state index is 0.914. The lowest BCUT2D eigenvalue weighted by atomic mass is 9.82. The molecule has 0 aliphatic heterocycles. The van der Waals surface area contributed by atoms with Gasteiger partial charge in [-0.1, -0.05) is 124 Å². The molecule has 1 atom stereocenters. The van der Waals surface area contributed by atoms with Crippen molar-refractivity contribution in [2.24, 2.45) is 5.92 Å². The topological polar surface area (TPSA) is 0 Å². The molecule has 0 aliphatic rings. The van der Waals surface area contributed by atoms with E-state index in [0.29, 0.717) is 0 Å². The van der Waals surface area contributed by atoms with Gasteiger partial charge in [0.15, 0.2) is 0 Å². The van der Waals surface area contributed by atoms with E-state index >= 15 is 0 Å². The minimum Gasteiger partial charge on any atom is -0.0654 e. The maximum atomic E-state index is 2.37. The van der Waals surface area contributed by atoms with Gasteiger partial charge in [-0.15, -0.1) is 0 Å². The molecule has 0 aliphatic carbocycles. The van der Waals surface area contributed by atoms with E-state index in [-0.39, 0.29) is 0 Å². The Morgan fingerprint density at radius 3 is 1.21 bits per heavy atom. The van der Waals surface area contributed by atoms with Crippen LogP contribution in [0.5, 0.6) is 0 Å². The third kappa shape index (κ3) is 14.4. The molecule has 1 unspecified atom stereocenters. The van der Waals surface area contributed by atoms with E-state index in [1.807, 2.05) is 5.92 Å². The molecule has 0 bridgehead atoms. The second-order valence-corrected chi connectivity index (χ2v) is 7.86. The molecular weight excluding hydrogens is 288 g/mol. The Morgan fingerprint density at radius 2 is 0.875 bits per heavy atom. The summed E-state index contributed by atoms with van der Waals surface area (Å²) in [5.74, 6) is 2.73. The van der Waals surface area contributed by atoms with Crippen molar-refractivity contribution in [2.45, 2.75) is 143 Å². The van der Waals surface area contributed by atoms with Gasteiger partial charge in [0, 0.05) is 0 Å². The van der Waals surface area contributed by atoms with E-state index in [4.69, 9.17) is 0 Å². The van der Waals surface area contributed by atoms with Crippen molar-refractivity contribution in [2.75, 3.05) is 0 Å². The monoisotopic (exact) mass is 337 g/mol. The average molecular weight is 338 g/mol. The van der Waals surface area contributed by atoms with Gasteiger partial charge in [0.1, 0.15) is 0 Å². The molecule has 0 spiro atoms. The maximum Gasteiger partial charge on any atom is -0.0216 e. The first kappa shape index (κ1) is 24.0. The molecular formula is C24H49. The number of hydrogen-bond donors (Lipinski definition) is 0. The third-order valence-corrected chi connectivity index (χ3v) is 5.88. The van der Waals surface area contributed by atoms with Gasteiger partial charge in [-0.25, -0.2) is 0 Å². The quantitative estimate of drug-likeness (QED) is 0.206. The van der Waals surface area contributed by atoms with Gasteiger partial charge in [0.05, 0.1) is 0 Å². The molecule has 0 heterocycles. The molecule has 0 amide bonds. The van der Waals surface area contributed by atoms with Gasteiger partial charge in [0.25, 0.3) is 0 Å². The van der Waals surface area contributed by atoms with Crippen molar-refractivity contribution in [3.63, 3.8) is 0 Å². The van der Waals surface area contributed by atoms with Crippen molar-refractivity contribution in [3.05, 3.63) is 5.92 Å². The van der Waals surface area contributed by atoms with Gasteiger partial charge in [-0.05, 0) is 31.1 Å². The Hall–Kier alpha value is 0. The van der Waals surface area contributed by atoms with Crippen LogP contribution in [0.15, 0.2) is 0 Å². The number of unbranched alkanes of at least 4 members (excludes halogenated alkanes) is 13. The van der Waals surface area contributed by atoms with Crippen LogP contribution in [0.1, 0.15) is 143 Å². The zero-order valence-corrected chi connectivity index (χ0v) is 17.8. The van der Waals surface area contributed by atoms with Crippen molar-refractivity contribution >= 4 is 0 Å². The van der Waals surface area contributed by atoms with Gasteiger partial charge >= 0.3 is 0 Å². The van der Waals surface area contributed by atoms with Crippen molar-refractivity contribution in [3.8, 4) is 0 Å². The fourth-order valence-electron chi connectivity index (χ4n) is 4.11. The summed E-state index contributed by atoms with van der Waals surface area (Å²) in [6, 6.07) is 0. The average Bonchev–Trinajstić information content (AvgIpc) is 2.61. The first-order chi connectivity index (χ1) is 11.8.